The van der Waals surface area contributed by atoms with Crippen LogP contribution in [0.2, 0.25) is 0 Å². The molecule has 0 amide bonds. The summed E-state index contributed by atoms with van der Waals surface area (Å²) in [6.45, 7) is 2.53. The topological polar surface area (TPSA) is 55.8 Å². The molecule has 4 nitrogen and oxygen atoms in total. The van der Waals surface area contributed by atoms with E-state index in [1.54, 1.807) is 24.3 Å². The second kappa shape index (κ2) is 6.91. The van der Waals surface area contributed by atoms with Gasteiger partial charge in [0.15, 0.2) is 0 Å². The van der Waals surface area contributed by atoms with Gasteiger partial charge in [0, 0.05) is 6.42 Å². The normalized spacial score (nSPS) is 11.9. The SMILES string of the molecule is CCOc1ccc(C(O)CCC(=O)OC)cc1. The van der Waals surface area contributed by atoms with Crippen LogP contribution in [0.3, 0.4) is 0 Å². The predicted molar refractivity (Wildman–Crippen MR) is 63.8 cm³/mol. The Balaban J connectivity index is 2.51. The number of carbonyl (C=O) groups is 1. The molecule has 1 atom stereocenters. The van der Waals surface area contributed by atoms with Gasteiger partial charge < -0.3 is 14.6 Å². The molecule has 0 bridgehead atoms. The Hall–Kier alpha value is -1.55. The quantitative estimate of drug-likeness (QED) is 0.771. The van der Waals surface area contributed by atoms with Gasteiger partial charge in [0.1, 0.15) is 5.75 Å². The molecule has 1 aromatic rings. The fourth-order valence-electron chi connectivity index (χ4n) is 1.48. The summed E-state index contributed by atoms with van der Waals surface area (Å²) in [5, 5.41) is 9.84. The van der Waals surface area contributed by atoms with Gasteiger partial charge in [-0.1, -0.05) is 12.1 Å². The fraction of sp³-hybridized carbons (Fsp3) is 0.462. The molecule has 0 fully saturated rings. The molecule has 0 aromatic heterocycles. The van der Waals surface area contributed by atoms with Crippen molar-refractivity contribution in [2.75, 3.05) is 13.7 Å². The minimum Gasteiger partial charge on any atom is -0.494 e. The molecule has 0 heterocycles. The van der Waals surface area contributed by atoms with Crippen molar-refractivity contribution in [3.8, 4) is 5.75 Å². The van der Waals surface area contributed by atoms with Gasteiger partial charge in [-0.25, -0.2) is 0 Å². The predicted octanol–water partition coefficient (Wildman–Crippen LogP) is 2.07. The van der Waals surface area contributed by atoms with Crippen molar-refractivity contribution in [2.24, 2.45) is 0 Å². The van der Waals surface area contributed by atoms with Gasteiger partial charge in [-0.15, -0.1) is 0 Å². The molecule has 1 rings (SSSR count). The van der Waals surface area contributed by atoms with E-state index < -0.39 is 6.10 Å². The Morgan fingerprint density at radius 1 is 1.35 bits per heavy atom. The standard InChI is InChI=1S/C13H18O4/c1-3-17-11-6-4-10(5-7-11)12(14)8-9-13(15)16-2/h4-7,12,14H,3,8-9H2,1-2H3. The number of benzene rings is 1. The summed E-state index contributed by atoms with van der Waals surface area (Å²) < 4.78 is 9.82. The molecule has 1 N–H and O–H groups in total. The van der Waals surface area contributed by atoms with Gasteiger partial charge in [-0.2, -0.15) is 0 Å². The van der Waals surface area contributed by atoms with Gasteiger partial charge >= 0.3 is 5.97 Å². The average molecular weight is 238 g/mol. The molecular formula is C13H18O4. The highest BCUT2D eigenvalue weighted by Gasteiger charge is 2.10. The third kappa shape index (κ3) is 4.44. The van der Waals surface area contributed by atoms with Crippen LogP contribution < -0.4 is 4.74 Å². The summed E-state index contributed by atoms with van der Waals surface area (Å²) in [5.74, 6) is 0.464. The van der Waals surface area contributed by atoms with Gasteiger partial charge in [0.05, 0.1) is 19.8 Å². The molecule has 17 heavy (non-hydrogen) atoms. The van der Waals surface area contributed by atoms with E-state index in [4.69, 9.17) is 4.74 Å². The number of carbonyl (C=O) groups excluding carboxylic acids is 1. The Labute approximate surface area is 101 Å². The molecule has 0 saturated carbocycles. The first kappa shape index (κ1) is 13.5. The lowest BCUT2D eigenvalue weighted by molar-refractivity contribution is -0.141. The maximum atomic E-state index is 10.9. The first-order valence-corrected chi connectivity index (χ1v) is 5.65. The van der Waals surface area contributed by atoms with Gasteiger partial charge in [0.2, 0.25) is 0 Å². The summed E-state index contributed by atoms with van der Waals surface area (Å²) >= 11 is 0. The molecule has 94 valence electrons. The van der Waals surface area contributed by atoms with Crippen molar-refractivity contribution in [3.05, 3.63) is 29.8 Å². The van der Waals surface area contributed by atoms with E-state index in [2.05, 4.69) is 4.74 Å². The zero-order chi connectivity index (χ0) is 12.7. The smallest absolute Gasteiger partial charge is 0.305 e. The van der Waals surface area contributed by atoms with Crippen molar-refractivity contribution >= 4 is 5.97 Å². The summed E-state index contributed by atoms with van der Waals surface area (Å²) in [6.07, 6.45) is -0.0734. The van der Waals surface area contributed by atoms with Crippen molar-refractivity contribution in [1.82, 2.24) is 0 Å². The minimum absolute atomic E-state index is 0.213. The Bertz CT molecular complexity index is 345. The molecule has 0 spiro atoms. The molecule has 0 radical (unpaired) electrons. The van der Waals surface area contributed by atoms with Crippen molar-refractivity contribution < 1.29 is 19.4 Å². The van der Waals surface area contributed by atoms with Crippen LogP contribution in [0.25, 0.3) is 0 Å². The molecule has 1 unspecified atom stereocenters. The number of aliphatic hydroxyl groups excluding tert-OH is 1. The number of hydrogen-bond acceptors (Lipinski definition) is 4. The monoisotopic (exact) mass is 238 g/mol. The van der Waals surface area contributed by atoms with E-state index in [1.165, 1.54) is 7.11 Å². The zero-order valence-electron chi connectivity index (χ0n) is 10.2. The first-order chi connectivity index (χ1) is 8.17. The largest absolute Gasteiger partial charge is 0.494 e. The highest BCUT2D eigenvalue weighted by Crippen LogP contribution is 2.21. The lowest BCUT2D eigenvalue weighted by atomic mass is 10.1. The van der Waals surface area contributed by atoms with Crippen molar-refractivity contribution in [2.45, 2.75) is 25.9 Å². The van der Waals surface area contributed by atoms with Crippen LogP contribution in [-0.4, -0.2) is 24.8 Å². The lowest BCUT2D eigenvalue weighted by Crippen LogP contribution is -2.04. The van der Waals surface area contributed by atoms with Gasteiger partial charge in [0.25, 0.3) is 0 Å². The van der Waals surface area contributed by atoms with E-state index in [0.717, 1.165) is 11.3 Å². The lowest BCUT2D eigenvalue weighted by Gasteiger charge is -2.11. The minimum atomic E-state index is -0.648. The van der Waals surface area contributed by atoms with Crippen molar-refractivity contribution in [1.29, 1.82) is 0 Å². The molecule has 0 aliphatic heterocycles. The van der Waals surface area contributed by atoms with Crippen LogP contribution in [0.15, 0.2) is 24.3 Å². The molecule has 0 saturated heterocycles. The summed E-state index contributed by atoms with van der Waals surface area (Å²) in [6, 6.07) is 7.21. The van der Waals surface area contributed by atoms with Crippen LogP contribution in [-0.2, 0) is 9.53 Å². The fourth-order valence-corrected chi connectivity index (χ4v) is 1.48. The maximum Gasteiger partial charge on any atom is 0.305 e. The third-order valence-corrected chi connectivity index (χ3v) is 2.43. The third-order valence-electron chi connectivity index (χ3n) is 2.43. The van der Waals surface area contributed by atoms with Crippen LogP contribution in [0.5, 0.6) is 5.75 Å². The summed E-state index contributed by atoms with van der Waals surface area (Å²) in [7, 11) is 1.34. The number of hydrogen-bond donors (Lipinski definition) is 1. The number of methoxy groups -OCH3 is 1. The molecule has 0 aliphatic rings. The maximum absolute atomic E-state index is 10.9. The van der Waals surface area contributed by atoms with E-state index in [9.17, 15) is 9.90 Å². The van der Waals surface area contributed by atoms with Crippen LogP contribution in [0.4, 0.5) is 0 Å². The number of aliphatic hydroxyl groups is 1. The van der Waals surface area contributed by atoms with Crippen LogP contribution in [0, 0.1) is 0 Å². The second-order valence-corrected chi connectivity index (χ2v) is 3.63. The van der Waals surface area contributed by atoms with E-state index in [0.29, 0.717) is 13.0 Å². The van der Waals surface area contributed by atoms with Crippen LogP contribution in [0.1, 0.15) is 31.4 Å². The van der Waals surface area contributed by atoms with E-state index in [-0.39, 0.29) is 12.4 Å². The number of ether oxygens (including phenoxy) is 2. The Morgan fingerprint density at radius 3 is 2.53 bits per heavy atom. The Kier molecular flexibility index (Phi) is 5.49. The Morgan fingerprint density at radius 2 is 2.00 bits per heavy atom. The van der Waals surface area contributed by atoms with E-state index in [1.807, 2.05) is 6.92 Å². The van der Waals surface area contributed by atoms with Gasteiger partial charge in [-0.05, 0) is 31.0 Å². The number of rotatable bonds is 6. The van der Waals surface area contributed by atoms with E-state index >= 15 is 0 Å². The van der Waals surface area contributed by atoms with Crippen molar-refractivity contribution in [3.63, 3.8) is 0 Å². The molecule has 1 aromatic carbocycles. The molecular weight excluding hydrogens is 220 g/mol. The highest BCUT2D eigenvalue weighted by molar-refractivity contribution is 5.69. The van der Waals surface area contributed by atoms with Gasteiger partial charge in [-0.3, -0.25) is 4.79 Å². The zero-order valence-corrected chi connectivity index (χ0v) is 10.2. The molecule has 4 heteroatoms. The van der Waals surface area contributed by atoms with Crippen LogP contribution >= 0.6 is 0 Å². The molecule has 0 aliphatic carbocycles. The summed E-state index contributed by atoms with van der Waals surface area (Å²) in [4.78, 5) is 10.9. The summed E-state index contributed by atoms with van der Waals surface area (Å²) in [5.41, 5.74) is 0.775. The first-order valence-electron chi connectivity index (χ1n) is 5.65. The highest BCUT2D eigenvalue weighted by atomic mass is 16.5. The number of esters is 1. The average Bonchev–Trinajstić information content (AvgIpc) is 2.36. The second-order valence-electron chi connectivity index (χ2n) is 3.63.